The molecule has 0 atom stereocenters. The molecule has 0 bridgehead atoms. The number of aryl methyl sites for hydroxylation is 1. The Kier molecular flexibility index (Phi) is 4.68. The molecular formula is C10H17N3O3S. The Morgan fingerprint density at radius 2 is 2.12 bits per heavy atom. The Bertz CT molecular complexity index is 474. The molecular weight excluding hydrogens is 242 g/mol. The quantitative estimate of drug-likeness (QED) is 0.796. The Morgan fingerprint density at radius 3 is 2.71 bits per heavy atom. The number of nitrogen functional groups attached to an aromatic ring is 1. The SMILES string of the molecule is CCOc1nc(N)ncc1CCS(=O)(=O)CC. The van der Waals surface area contributed by atoms with Gasteiger partial charge in [-0.3, -0.25) is 0 Å². The van der Waals surface area contributed by atoms with Crippen LogP contribution < -0.4 is 10.5 Å². The van der Waals surface area contributed by atoms with Crippen LogP contribution in [0.15, 0.2) is 6.20 Å². The molecule has 1 rings (SSSR count). The Morgan fingerprint density at radius 1 is 1.41 bits per heavy atom. The zero-order chi connectivity index (χ0) is 12.9. The molecule has 2 N–H and O–H groups in total. The second-order valence-corrected chi connectivity index (χ2v) is 5.95. The van der Waals surface area contributed by atoms with Crippen LogP contribution in [-0.2, 0) is 16.3 Å². The van der Waals surface area contributed by atoms with E-state index in [1.54, 1.807) is 6.92 Å². The Hall–Kier alpha value is -1.37. The van der Waals surface area contributed by atoms with Gasteiger partial charge in [-0.25, -0.2) is 13.4 Å². The molecule has 0 unspecified atom stereocenters. The number of nitrogens with two attached hydrogens (primary N) is 1. The summed E-state index contributed by atoms with van der Waals surface area (Å²) >= 11 is 0. The van der Waals surface area contributed by atoms with Gasteiger partial charge in [0, 0.05) is 17.5 Å². The van der Waals surface area contributed by atoms with Crippen LogP contribution in [0.2, 0.25) is 0 Å². The Balaban J connectivity index is 2.83. The van der Waals surface area contributed by atoms with Crippen molar-refractivity contribution in [3.05, 3.63) is 11.8 Å². The summed E-state index contributed by atoms with van der Waals surface area (Å²) in [4.78, 5) is 7.78. The van der Waals surface area contributed by atoms with E-state index in [2.05, 4.69) is 9.97 Å². The lowest BCUT2D eigenvalue weighted by Crippen LogP contribution is -2.12. The average Bonchev–Trinajstić information content (AvgIpc) is 2.28. The number of hydrogen-bond acceptors (Lipinski definition) is 6. The van der Waals surface area contributed by atoms with Crippen molar-refractivity contribution in [2.45, 2.75) is 20.3 Å². The van der Waals surface area contributed by atoms with Crippen LogP contribution >= 0.6 is 0 Å². The third-order valence-electron chi connectivity index (χ3n) is 2.25. The smallest absolute Gasteiger partial charge is 0.223 e. The maximum absolute atomic E-state index is 11.4. The minimum Gasteiger partial charge on any atom is -0.478 e. The molecule has 0 saturated carbocycles. The molecule has 0 aromatic carbocycles. The summed E-state index contributed by atoms with van der Waals surface area (Å²) in [6.07, 6.45) is 1.85. The van der Waals surface area contributed by atoms with Gasteiger partial charge in [0.1, 0.15) is 9.84 Å². The standard InChI is InChI=1S/C10H17N3O3S/c1-3-16-9-8(7-12-10(11)13-9)5-6-17(14,15)4-2/h7H,3-6H2,1-2H3,(H2,11,12,13). The van der Waals surface area contributed by atoms with Gasteiger partial charge in [0.25, 0.3) is 0 Å². The lowest BCUT2D eigenvalue weighted by atomic mass is 10.2. The first kappa shape index (κ1) is 13.7. The normalized spacial score (nSPS) is 11.4. The predicted molar refractivity (Wildman–Crippen MR) is 65.6 cm³/mol. The highest BCUT2D eigenvalue weighted by atomic mass is 32.2. The number of hydrogen-bond donors (Lipinski definition) is 1. The van der Waals surface area contributed by atoms with Crippen molar-refractivity contribution >= 4 is 15.8 Å². The number of ether oxygens (including phenoxy) is 1. The van der Waals surface area contributed by atoms with Crippen LogP contribution in [0.5, 0.6) is 5.88 Å². The largest absolute Gasteiger partial charge is 0.478 e. The lowest BCUT2D eigenvalue weighted by molar-refractivity contribution is 0.323. The van der Waals surface area contributed by atoms with E-state index in [0.29, 0.717) is 24.5 Å². The van der Waals surface area contributed by atoms with Gasteiger partial charge < -0.3 is 10.5 Å². The highest BCUT2D eigenvalue weighted by Gasteiger charge is 2.12. The minimum atomic E-state index is -3.00. The molecule has 1 aromatic heterocycles. The molecule has 96 valence electrons. The number of sulfone groups is 1. The predicted octanol–water partition coefficient (Wildman–Crippen LogP) is 0.435. The second kappa shape index (κ2) is 5.81. The van der Waals surface area contributed by atoms with Crippen LogP contribution in [0.3, 0.4) is 0 Å². The molecule has 0 aliphatic carbocycles. The molecule has 0 spiro atoms. The zero-order valence-electron chi connectivity index (χ0n) is 10.0. The minimum absolute atomic E-state index is 0.0663. The van der Waals surface area contributed by atoms with E-state index in [1.165, 1.54) is 6.20 Å². The number of anilines is 1. The topological polar surface area (TPSA) is 95.2 Å². The molecule has 6 nitrogen and oxygen atoms in total. The monoisotopic (exact) mass is 259 g/mol. The van der Waals surface area contributed by atoms with Gasteiger partial charge in [-0.15, -0.1) is 0 Å². The van der Waals surface area contributed by atoms with E-state index < -0.39 is 9.84 Å². The first-order valence-corrected chi connectivity index (χ1v) is 7.25. The lowest BCUT2D eigenvalue weighted by Gasteiger charge is -2.08. The van der Waals surface area contributed by atoms with Crippen LogP contribution in [0.1, 0.15) is 19.4 Å². The molecule has 0 fully saturated rings. The molecule has 1 heterocycles. The van der Waals surface area contributed by atoms with Crippen LogP contribution in [0.25, 0.3) is 0 Å². The molecule has 0 aliphatic rings. The van der Waals surface area contributed by atoms with Gasteiger partial charge in [0.05, 0.1) is 12.4 Å². The van der Waals surface area contributed by atoms with Gasteiger partial charge in [-0.1, -0.05) is 6.92 Å². The van der Waals surface area contributed by atoms with Gasteiger partial charge in [0.15, 0.2) is 0 Å². The van der Waals surface area contributed by atoms with Gasteiger partial charge in [0.2, 0.25) is 11.8 Å². The highest BCUT2D eigenvalue weighted by molar-refractivity contribution is 7.91. The third kappa shape index (κ3) is 4.18. The van der Waals surface area contributed by atoms with Crippen molar-refractivity contribution in [3.63, 3.8) is 0 Å². The molecule has 0 radical (unpaired) electrons. The summed E-state index contributed by atoms with van der Waals surface area (Å²) in [5.74, 6) is 0.686. The van der Waals surface area contributed by atoms with Crippen LogP contribution in [0, 0.1) is 0 Å². The summed E-state index contributed by atoms with van der Waals surface area (Å²) in [6, 6.07) is 0. The van der Waals surface area contributed by atoms with Crippen molar-refractivity contribution in [3.8, 4) is 5.88 Å². The maximum Gasteiger partial charge on any atom is 0.223 e. The highest BCUT2D eigenvalue weighted by Crippen LogP contribution is 2.16. The number of rotatable bonds is 6. The average molecular weight is 259 g/mol. The van der Waals surface area contributed by atoms with Gasteiger partial charge in [-0.05, 0) is 13.3 Å². The van der Waals surface area contributed by atoms with E-state index in [1.807, 2.05) is 6.92 Å². The van der Waals surface area contributed by atoms with E-state index in [4.69, 9.17) is 10.5 Å². The van der Waals surface area contributed by atoms with Crippen molar-refractivity contribution in [1.82, 2.24) is 9.97 Å². The van der Waals surface area contributed by atoms with E-state index >= 15 is 0 Å². The molecule has 0 saturated heterocycles. The van der Waals surface area contributed by atoms with Gasteiger partial charge >= 0.3 is 0 Å². The van der Waals surface area contributed by atoms with E-state index in [0.717, 1.165) is 0 Å². The van der Waals surface area contributed by atoms with E-state index in [-0.39, 0.29) is 17.5 Å². The molecule has 7 heteroatoms. The van der Waals surface area contributed by atoms with E-state index in [9.17, 15) is 8.42 Å². The Labute approximate surface area is 101 Å². The number of aromatic nitrogens is 2. The third-order valence-corrected chi connectivity index (χ3v) is 3.95. The summed E-state index contributed by atoms with van der Waals surface area (Å²) < 4.78 is 28.1. The van der Waals surface area contributed by atoms with Crippen molar-refractivity contribution < 1.29 is 13.2 Å². The number of nitrogens with zero attached hydrogens (tertiary/aromatic N) is 2. The first-order valence-electron chi connectivity index (χ1n) is 5.43. The first-order chi connectivity index (χ1) is 7.98. The summed E-state index contributed by atoms with van der Waals surface area (Å²) in [6.45, 7) is 3.90. The summed E-state index contributed by atoms with van der Waals surface area (Å²) in [7, 11) is -3.00. The molecule has 0 aliphatic heterocycles. The molecule has 0 amide bonds. The molecule has 17 heavy (non-hydrogen) atoms. The van der Waals surface area contributed by atoms with Crippen LogP contribution in [0.4, 0.5) is 5.95 Å². The van der Waals surface area contributed by atoms with Gasteiger partial charge in [-0.2, -0.15) is 4.98 Å². The van der Waals surface area contributed by atoms with Crippen molar-refractivity contribution in [2.24, 2.45) is 0 Å². The second-order valence-electron chi connectivity index (χ2n) is 3.48. The zero-order valence-corrected chi connectivity index (χ0v) is 10.8. The fourth-order valence-electron chi connectivity index (χ4n) is 1.25. The molecule has 1 aromatic rings. The summed E-state index contributed by atoms with van der Waals surface area (Å²) in [5, 5.41) is 0. The summed E-state index contributed by atoms with van der Waals surface area (Å²) in [5.41, 5.74) is 6.11. The van der Waals surface area contributed by atoms with Crippen molar-refractivity contribution in [2.75, 3.05) is 23.8 Å². The van der Waals surface area contributed by atoms with Crippen molar-refractivity contribution in [1.29, 1.82) is 0 Å². The maximum atomic E-state index is 11.4. The van der Waals surface area contributed by atoms with Crippen LogP contribution in [-0.4, -0.2) is 36.5 Å². The fourth-order valence-corrected chi connectivity index (χ4v) is 2.07. The fraction of sp³-hybridized carbons (Fsp3) is 0.600.